The van der Waals surface area contributed by atoms with Crippen molar-refractivity contribution in [3.05, 3.63) is 15.6 Å². The van der Waals surface area contributed by atoms with Gasteiger partial charge in [0.25, 0.3) is 0 Å². The molecule has 54 valence electrons. The van der Waals surface area contributed by atoms with Crippen molar-refractivity contribution in [1.82, 2.24) is 4.37 Å². The molecule has 0 bridgehead atoms. The summed E-state index contributed by atoms with van der Waals surface area (Å²) < 4.78 is 4.01. The van der Waals surface area contributed by atoms with Gasteiger partial charge in [0, 0.05) is 0 Å². The van der Waals surface area contributed by atoms with Gasteiger partial charge in [0.05, 0.1) is 5.69 Å². The van der Waals surface area contributed by atoms with Gasteiger partial charge in [-0.1, -0.05) is 11.6 Å². The van der Waals surface area contributed by atoms with Crippen LogP contribution in [-0.4, -0.2) is 15.4 Å². The fourth-order valence-corrected chi connectivity index (χ4v) is 1.54. The molecule has 0 aliphatic rings. The first-order chi connectivity index (χ1) is 4.63. The average Bonchev–Trinajstić information content (AvgIpc) is 2.11. The number of hydrogen-bond acceptors (Lipinski definition) is 3. The molecule has 3 nitrogen and oxygen atoms in total. The van der Waals surface area contributed by atoms with Crippen molar-refractivity contribution in [3.8, 4) is 0 Å². The van der Waals surface area contributed by atoms with E-state index in [1.54, 1.807) is 6.92 Å². The van der Waals surface area contributed by atoms with Crippen LogP contribution < -0.4 is 0 Å². The Morgan fingerprint density at radius 2 is 2.40 bits per heavy atom. The summed E-state index contributed by atoms with van der Waals surface area (Å²) in [7, 11) is 0. The van der Waals surface area contributed by atoms with Gasteiger partial charge in [-0.05, 0) is 18.5 Å². The Labute approximate surface area is 66.4 Å². The molecule has 0 atom stereocenters. The molecule has 0 amide bonds. The van der Waals surface area contributed by atoms with Crippen LogP contribution in [0.25, 0.3) is 0 Å². The average molecular weight is 178 g/mol. The standard InChI is InChI=1S/C5H4ClNO2S/c1-2-3(5(8)9)4(6)10-7-2/h1H3,(H,8,9). The predicted octanol–water partition coefficient (Wildman–Crippen LogP) is 1.80. The number of carboxylic acids is 1. The molecule has 1 rings (SSSR count). The van der Waals surface area contributed by atoms with Gasteiger partial charge >= 0.3 is 5.97 Å². The molecule has 0 saturated heterocycles. The lowest BCUT2D eigenvalue weighted by Gasteiger charge is -1.87. The summed E-state index contributed by atoms with van der Waals surface area (Å²) >= 11 is 6.51. The lowest BCUT2D eigenvalue weighted by atomic mass is 10.3. The summed E-state index contributed by atoms with van der Waals surface area (Å²) in [5, 5.41) is 8.52. The van der Waals surface area contributed by atoms with E-state index < -0.39 is 5.97 Å². The van der Waals surface area contributed by atoms with Crippen molar-refractivity contribution in [1.29, 1.82) is 0 Å². The molecule has 1 N–H and O–H groups in total. The first-order valence-corrected chi connectivity index (χ1v) is 3.63. The van der Waals surface area contributed by atoms with E-state index in [4.69, 9.17) is 16.7 Å². The third kappa shape index (κ3) is 1.12. The van der Waals surface area contributed by atoms with Gasteiger partial charge in [0.15, 0.2) is 0 Å². The number of nitrogens with zero attached hydrogens (tertiary/aromatic N) is 1. The number of halogens is 1. The van der Waals surface area contributed by atoms with Crippen LogP contribution in [0.4, 0.5) is 0 Å². The smallest absolute Gasteiger partial charge is 0.340 e. The van der Waals surface area contributed by atoms with Crippen LogP contribution in [-0.2, 0) is 0 Å². The Morgan fingerprint density at radius 1 is 1.80 bits per heavy atom. The first kappa shape index (κ1) is 7.50. The van der Waals surface area contributed by atoms with Crippen LogP contribution >= 0.6 is 23.1 Å². The van der Waals surface area contributed by atoms with Crippen molar-refractivity contribution in [2.45, 2.75) is 6.92 Å². The normalized spacial score (nSPS) is 9.80. The van der Waals surface area contributed by atoms with Crippen LogP contribution in [0, 0.1) is 6.92 Å². The number of hydrogen-bond donors (Lipinski definition) is 1. The highest BCUT2D eigenvalue weighted by atomic mass is 35.5. The SMILES string of the molecule is Cc1nsc(Cl)c1C(=O)O. The first-order valence-electron chi connectivity index (χ1n) is 2.48. The van der Waals surface area contributed by atoms with Gasteiger partial charge in [0.2, 0.25) is 0 Å². The molecule has 0 aromatic carbocycles. The zero-order valence-corrected chi connectivity index (χ0v) is 6.66. The molecule has 1 aromatic rings. The third-order valence-corrected chi connectivity index (χ3v) is 2.16. The van der Waals surface area contributed by atoms with Crippen molar-refractivity contribution < 1.29 is 9.90 Å². The summed E-state index contributed by atoms with van der Waals surface area (Å²) in [6.07, 6.45) is 0. The van der Waals surface area contributed by atoms with Gasteiger partial charge in [-0.2, -0.15) is 4.37 Å². The van der Waals surface area contributed by atoms with E-state index in [-0.39, 0.29) is 9.90 Å². The molecule has 5 heteroatoms. The van der Waals surface area contributed by atoms with Crippen molar-refractivity contribution in [3.63, 3.8) is 0 Å². The fourth-order valence-electron chi connectivity index (χ4n) is 0.581. The minimum Gasteiger partial charge on any atom is -0.478 e. The van der Waals surface area contributed by atoms with E-state index in [1.807, 2.05) is 0 Å². The lowest BCUT2D eigenvalue weighted by Crippen LogP contribution is -1.96. The second kappa shape index (κ2) is 2.56. The molecule has 0 aliphatic carbocycles. The number of aryl methyl sites for hydroxylation is 1. The highest BCUT2D eigenvalue weighted by Gasteiger charge is 2.14. The van der Waals surface area contributed by atoms with E-state index in [9.17, 15) is 4.79 Å². The molecule has 0 radical (unpaired) electrons. The number of carboxylic acid groups (broad SMARTS) is 1. The summed E-state index contributed by atoms with van der Waals surface area (Å²) in [5.74, 6) is -1.02. The van der Waals surface area contributed by atoms with Gasteiger partial charge in [-0.25, -0.2) is 4.79 Å². The Bertz CT molecular complexity index is 251. The van der Waals surface area contributed by atoms with Gasteiger partial charge in [0.1, 0.15) is 9.90 Å². The molecule has 1 aromatic heterocycles. The lowest BCUT2D eigenvalue weighted by molar-refractivity contribution is 0.0696. The van der Waals surface area contributed by atoms with E-state index in [2.05, 4.69) is 4.37 Å². The summed E-state index contributed by atoms with van der Waals surface area (Å²) in [6, 6.07) is 0. The van der Waals surface area contributed by atoms with Crippen LogP contribution in [0.2, 0.25) is 4.34 Å². The number of aromatic nitrogens is 1. The minimum atomic E-state index is -1.02. The van der Waals surface area contributed by atoms with Crippen molar-refractivity contribution >= 4 is 29.1 Å². The maximum absolute atomic E-state index is 10.4. The maximum Gasteiger partial charge on any atom is 0.340 e. The quantitative estimate of drug-likeness (QED) is 0.712. The summed E-state index contributed by atoms with van der Waals surface area (Å²) in [5.41, 5.74) is 0.592. The van der Waals surface area contributed by atoms with Crippen molar-refractivity contribution in [2.75, 3.05) is 0 Å². The van der Waals surface area contributed by atoms with E-state index in [0.717, 1.165) is 11.5 Å². The second-order valence-electron chi connectivity index (χ2n) is 1.72. The molecule has 0 unspecified atom stereocenters. The molecule has 0 aliphatic heterocycles. The van der Waals surface area contributed by atoms with Crippen LogP contribution in [0.5, 0.6) is 0 Å². The number of aromatic carboxylic acids is 1. The molecule has 1 heterocycles. The monoisotopic (exact) mass is 177 g/mol. The molecular formula is C5H4ClNO2S. The second-order valence-corrected chi connectivity index (χ2v) is 3.10. The zero-order valence-electron chi connectivity index (χ0n) is 5.09. The number of rotatable bonds is 1. The summed E-state index contributed by atoms with van der Waals surface area (Å²) in [4.78, 5) is 10.4. The summed E-state index contributed by atoms with van der Waals surface area (Å²) in [6.45, 7) is 1.62. The van der Waals surface area contributed by atoms with Gasteiger partial charge in [-0.15, -0.1) is 0 Å². The largest absolute Gasteiger partial charge is 0.478 e. The minimum absolute atomic E-state index is 0.117. The number of carbonyl (C=O) groups is 1. The predicted molar refractivity (Wildman–Crippen MR) is 38.8 cm³/mol. The molecular weight excluding hydrogens is 174 g/mol. The highest BCUT2D eigenvalue weighted by molar-refractivity contribution is 7.11. The highest BCUT2D eigenvalue weighted by Crippen LogP contribution is 2.23. The maximum atomic E-state index is 10.4. The van der Waals surface area contributed by atoms with Crippen LogP contribution in [0.15, 0.2) is 0 Å². The molecule has 0 spiro atoms. The topological polar surface area (TPSA) is 50.2 Å². The molecule has 0 saturated carbocycles. The Balaban J connectivity index is 3.23. The zero-order chi connectivity index (χ0) is 7.72. The van der Waals surface area contributed by atoms with Crippen LogP contribution in [0.3, 0.4) is 0 Å². The van der Waals surface area contributed by atoms with Gasteiger partial charge in [-0.3, -0.25) is 0 Å². The third-order valence-electron chi connectivity index (χ3n) is 1.03. The fraction of sp³-hybridized carbons (Fsp3) is 0.200. The van der Waals surface area contributed by atoms with Crippen LogP contribution in [0.1, 0.15) is 16.1 Å². The molecule has 0 fully saturated rings. The Kier molecular flexibility index (Phi) is 1.92. The van der Waals surface area contributed by atoms with E-state index >= 15 is 0 Å². The Hall–Kier alpha value is -0.610. The Morgan fingerprint density at radius 3 is 2.60 bits per heavy atom. The van der Waals surface area contributed by atoms with E-state index in [1.165, 1.54) is 0 Å². The van der Waals surface area contributed by atoms with E-state index in [0.29, 0.717) is 5.69 Å². The molecule has 10 heavy (non-hydrogen) atoms. The van der Waals surface area contributed by atoms with Crippen molar-refractivity contribution in [2.24, 2.45) is 0 Å². The van der Waals surface area contributed by atoms with Gasteiger partial charge < -0.3 is 5.11 Å².